The van der Waals surface area contributed by atoms with Gasteiger partial charge in [0.2, 0.25) is 0 Å². The lowest BCUT2D eigenvalue weighted by atomic mass is 9.82. The lowest BCUT2D eigenvalue weighted by Gasteiger charge is -2.30. The van der Waals surface area contributed by atoms with E-state index in [4.69, 9.17) is 0 Å². The van der Waals surface area contributed by atoms with Crippen LogP contribution in [0, 0.1) is 17.2 Å². The molecule has 0 aliphatic heterocycles. The summed E-state index contributed by atoms with van der Waals surface area (Å²) in [6, 6.07) is 4.27. The molecule has 2 bridgehead atoms. The van der Waals surface area contributed by atoms with E-state index in [2.05, 4.69) is 29.5 Å². The van der Waals surface area contributed by atoms with Gasteiger partial charge in [0.25, 0.3) is 17.0 Å². The van der Waals surface area contributed by atoms with Gasteiger partial charge in [0.05, 0.1) is 5.56 Å². The standard InChI is InChI=1S/C43H62N4O5/c1-3-5-7-9-11-13-15-28-17-21-30(22-18-28)45-39(44)38-35(43(51)52)27-34(36-32-25-26-33(37(36)38)41(49)47-40(32)48)42(50)46-31-23-19-29(20-24-31)16-14-12-10-8-6-4-2/h25-31H,3-24H2,1-2H3,(H2,44,45)(H,46,50)(H,51,52)(H,47,48,49)/t28-,29-,30-,31-. The van der Waals surface area contributed by atoms with Gasteiger partial charge in [-0.1, -0.05) is 104 Å². The van der Waals surface area contributed by atoms with Crippen LogP contribution in [-0.4, -0.2) is 39.9 Å². The molecule has 6 rings (SSSR count). The van der Waals surface area contributed by atoms with Crippen LogP contribution in [0.1, 0.15) is 181 Å². The minimum atomic E-state index is -1.29. The van der Waals surface area contributed by atoms with Gasteiger partial charge in [-0.05, 0) is 81.4 Å². The van der Waals surface area contributed by atoms with Gasteiger partial charge in [-0.3, -0.25) is 24.8 Å². The van der Waals surface area contributed by atoms with Crippen LogP contribution in [0.3, 0.4) is 0 Å². The highest BCUT2D eigenvalue weighted by Gasteiger charge is 2.30. The summed E-state index contributed by atoms with van der Waals surface area (Å²) in [5.41, 5.74) is -1.44. The Balaban J connectivity index is 1.32. The zero-order valence-electron chi connectivity index (χ0n) is 31.7. The summed E-state index contributed by atoms with van der Waals surface area (Å²) >= 11 is 0. The van der Waals surface area contributed by atoms with Gasteiger partial charge in [0.15, 0.2) is 0 Å². The number of aromatic amines is 1. The van der Waals surface area contributed by atoms with Crippen molar-refractivity contribution in [3.05, 3.63) is 55.6 Å². The molecule has 0 radical (unpaired) electrons. The Labute approximate surface area is 309 Å². The summed E-state index contributed by atoms with van der Waals surface area (Å²) < 4.78 is 0. The Morgan fingerprint density at radius 1 is 0.673 bits per heavy atom. The number of amides is 1. The average Bonchev–Trinajstić information content (AvgIpc) is 3.34. The lowest BCUT2D eigenvalue weighted by Crippen LogP contribution is -2.39. The summed E-state index contributed by atoms with van der Waals surface area (Å²) in [5, 5.41) is 26.8. The maximum absolute atomic E-state index is 14.0. The zero-order valence-corrected chi connectivity index (χ0v) is 31.7. The number of nitrogens with one attached hydrogen (secondary N) is 4. The number of H-pyrrole nitrogens is 1. The molecule has 284 valence electrons. The molecule has 4 aromatic rings. The number of hydrogen-bond acceptors (Lipinski definition) is 5. The number of fused-ring (bicyclic) bond motifs is 3. The molecule has 9 heteroatoms. The first-order valence-electron chi connectivity index (χ1n) is 20.6. The molecule has 0 spiro atoms. The van der Waals surface area contributed by atoms with Gasteiger partial charge in [0, 0.05) is 44.8 Å². The molecule has 0 atom stereocenters. The molecule has 52 heavy (non-hydrogen) atoms. The summed E-state index contributed by atoms with van der Waals surface area (Å²) in [6.45, 7) is 4.47. The lowest BCUT2D eigenvalue weighted by molar-refractivity contribution is 0.0696. The molecule has 2 saturated carbocycles. The van der Waals surface area contributed by atoms with Gasteiger partial charge >= 0.3 is 5.97 Å². The highest BCUT2D eigenvalue weighted by atomic mass is 16.4. The van der Waals surface area contributed by atoms with Crippen LogP contribution in [0.2, 0.25) is 0 Å². The van der Waals surface area contributed by atoms with Crippen molar-refractivity contribution in [1.29, 1.82) is 5.41 Å². The number of aromatic nitrogens is 1. The molecule has 1 amide bonds. The van der Waals surface area contributed by atoms with Crippen molar-refractivity contribution in [3.8, 4) is 0 Å². The fourth-order valence-corrected chi connectivity index (χ4v) is 8.95. The predicted octanol–water partition coefficient (Wildman–Crippen LogP) is 9.44. The van der Waals surface area contributed by atoms with Gasteiger partial charge in [-0.25, -0.2) is 4.79 Å². The van der Waals surface area contributed by atoms with Crippen LogP contribution in [0.5, 0.6) is 0 Å². The van der Waals surface area contributed by atoms with Crippen LogP contribution in [0.4, 0.5) is 0 Å². The minimum absolute atomic E-state index is 0.00335. The van der Waals surface area contributed by atoms with Crippen molar-refractivity contribution in [2.45, 2.75) is 167 Å². The monoisotopic (exact) mass is 714 g/mol. The third kappa shape index (κ3) is 10.0. The van der Waals surface area contributed by atoms with Crippen LogP contribution in [0.15, 0.2) is 27.8 Å². The van der Waals surface area contributed by atoms with Crippen molar-refractivity contribution in [3.63, 3.8) is 0 Å². The summed E-state index contributed by atoms with van der Waals surface area (Å²) in [5.74, 6) is -0.525. The largest absolute Gasteiger partial charge is 0.478 e. The third-order valence-electron chi connectivity index (χ3n) is 12.0. The topological polar surface area (TPSA) is 152 Å². The third-order valence-corrected chi connectivity index (χ3v) is 12.0. The first-order chi connectivity index (χ1) is 25.2. The van der Waals surface area contributed by atoms with E-state index in [0.717, 1.165) is 51.4 Å². The first kappa shape index (κ1) is 39.5. The number of hydrogen-bond donors (Lipinski definition) is 5. The molecule has 2 heterocycles. The van der Waals surface area contributed by atoms with E-state index >= 15 is 0 Å². The van der Waals surface area contributed by atoms with Crippen LogP contribution in [0.25, 0.3) is 21.5 Å². The molecule has 2 aromatic heterocycles. The highest BCUT2D eigenvalue weighted by molar-refractivity contribution is 6.27. The smallest absolute Gasteiger partial charge is 0.336 e. The molecule has 9 nitrogen and oxygen atoms in total. The highest BCUT2D eigenvalue weighted by Crippen LogP contribution is 2.35. The van der Waals surface area contributed by atoms with E-state index in [1.54, 1.807) is 0 Å². The number of carbonyl (C=O) groups excluding carboxylic acids is 1. The van der Waals surface area contributed by atoms with E-state index in [-0.39, 0.29) is 56.2 Å². The number of carboxylic acid groups (broad SMARTS) is 1. The molecule has 5 N–H and O–H groups in total. The maximum atomic E-state index is 14.0. The summed E-state index contributed by atoms with van der Waals surface area (Å²) in [7, 11) is 0. The molecule has 2 aromatic carbocycles. The van der Waals surface area contributed by atoms with Gasteiger partial charge in [0.1, 0.15) is 5.84 Å². The van der Waals surface area contributed by atoms with Crippen LogP contribution >= 0.6 is 0 Å². The summed E-state index contributed by atoms with van der Waals surface area (Å²) in [6.07, 6.45) is 25.5. The molecular weight excluding hydrogens is 652 g/mol. The van der Waals surface area contributed by atoms with E-state index in [9.17, 15) is 29.7 Å². The minimum Gasteiger partial charge on any atom is -0.478 e. The molecule has 2 fully saturated rings. The first-order valence-corrected chi connectivity index (χ1v) is 20.6. The number of aromatic carboxylic acids is 1. The van der Waals surface area contributed by atoms with Crippen LogP contribution in [-0.2, 0) is 0 Å². The van der Waals surface area contributed by atoms with Crippen molar-refractivity contribution < 1.29 is 14.7 Å². The Morgan fingerprint density at radius 2 is 1.13 bits per heavy atom. The molecule has 0 saturated heterocycles. The second-order valence-electron chi connectivity index (χ2n) is 15.9. The number of unbranched alkanes of at least 4 members (excludes halogenated alkanes) is 10. The second-order valence-corrected chi connectivity index (χ2v) is 15.9. The number of amidine groups is 1. The van der Waals surface area contributed by atoms with E-state index < -0.39 is 23.0 Å². The van der Waals surface area contributed by atoms with E-state index in [1.807, 2.05) is 0 Å². The Hall–Kier alpha value is -3.75. The van der Waals surface area contributed by atoms with Crippen LogP contribution < -0.4 is 21.8 Å². The second kappa shape index (κ2) is 19.4. The summed E-state index contributed by atoms with van der Waals surface area (Å²) in [4.78, 5) is 55.8. The van der Waals surface area contributed by atoms with Gasteiger partial charge < -0.3 is 15.7 Å². The number of carbonyl (C=O) groups is 2. The molecule has 2 aliphatic carbocycles. The Bertz CT molecular complexity index is 1770. The van der Waals surface area contributed by atoms with Crippen molar-refractivity contribution in [1.82, 2.24) is 15.6 Å². The Kier molecular flexibility index (Phi) is 14.7. The molecule has 0 unspecified atom stereocenters. The maximum Gasteiger partial charge on any atom is 0.336 e. The van der Waals surface area contributed by atoms with Crippen molar-refractivity contribution >= 4 is 39.3 Å². The number of carboxylic acids is 1. The van der Waals surface area contributed by atoms with E-state index in [0.29, 0.717) is 11.8 Å². The Morgan fingerprint density at radius 3 is 1.63 bits per heavy atom. The van der Waals surface area contributed by atoms with Gasteiger partial charge in [-0.2, -0.15) is 0 Å². The fourth-order valence-electron chi connectivity index (χ4n) is 8.95. The van der Waals surface area contributed by atoms with Gasteiger partial charge in [-0.15, -0.1) is 0 Å². The SMILES string of the molecule is CCCCCCCC[C@H]1CC[C@H](NC(=N)c2c(C(=O)O)cc(C(=O)N[C@H]3CC[C@H](CCCCCCCC)CC3)c3c4ccc(c(=O)[nH]c4=O)c23)CC1. The quantitative estimate of drug-likeness (QED) is 0.0474. The van der Waals surface area contributed by atoms with Crippen molar-refractivity contribution in [2.75, 3.05) is 0 Å². The number of rotatable bonds is 19. The molecule has 2 aliphatic rings. The number of benzene rings is 2. The zero-order chi connectivity index (χ0) is 37.0. The predicted molar refractivity (Wildman–Crippen MR) is 211 cm³/mol. The average molecular weight is 715 g/mol. The fraction of sp³-hybridized carbons (Fsp3) is 0.651. The normalized spacial score (nSPS) is 20.7. The van der Waals surface area contributed by atoms with E-state index in [1.165, 1.54) is 108 Å². The molecular formula is C43H62N4O5. The van der Waals surface area contributed by atoms with Crippen molar-refractivity contribution in [2.24, 2.45) is 11.8 Å².